The summed E-state index contributed by atoms with van der Waals surface area (Å²) >= 11 is 0. The van der Waals surface area contributed by atoms with Crippen LogP contribution >= 0.6 is 0 Å². The van der Waals surface area contributed by atoms with E-state index in [1.54, 1.807) is 0 Å². The van der Waals surface area contributed by atoms with Crippen LogP contribution in [0.5, 0.6) is 0 Å². The van der Waals surface area contributed by atoms with Crippen molar-refractivity contribution in [3.05, 3.63) is 42.0 Å². The normalized spacial score (nSPS) is 15.7. The van der Waals surface area contributed by atoms with E-state index in [-0.39, 0.29) is 0 Å². The Morgan fingerprint density at radius 3 is 2.41 bits per heavy atom. The number of anilines is 1. The summed E-state index contributed by atoms with van der Waals surface area (Å²) in [7, 11) is 0. The largest absolute Gasteiger partial charge is 0.372 e. The quantitative estimate of drug-likeness (QED) is 0.746. The van der Waals surface area contributed by atoms with Gasteiger partial charge in [-0.3, -0.25) is 0 Å². The van der Waals surface area contributed by atoms with Crippen molar-refractivity contribution in [2.45, 2.75) is 26.2 Å². The molecule has 0 aromatic heterocycles. The molecule has 88 valence electrons. The molecule has 0 spiro atoms. The Bertz CT molecular complexity index is 524. The fourth-order valence-electron chi connectivity index (χ4n) is 2.67. The van der Waals surface area contributed by atoms with Crippen LogP contribution < -0.4 is 4.90 Å². The van der Waals surface area contributed by atoms with Gasteiger partial charge in [0.2, 0.25) is 0 Å². The molecule has 17 heavy (non-hydrogen) atoms. The van der Waals surface area contributed by atoms with Gasteiger partial charge < -0.3 is 4.90 Å². The highest BCUT2D eigenvalue weighted by Crippen LogP contribution is 2.25. The van der Waals surface area contributed by atoms with Crippen molar-refractivity contribution < 1.29 is 0 Å². The second kappa shape index (κ2) is 4.40. The zero-order valence-corrected chi connectivity index (χ0v) is 10.4. The van der Waals surface area contributed by atoms with Gasteiger partial charge in [0.15, 0.2) is 0 Å². The summed E-state index contributed by atoms with van der Waals surface area (Å²) < 4.78 is 0. The molecule has 1 heterocycles. The minimum Gasteiger partial charge on any atom is -0.372 e. The Labute approximate surface area is 103 Å². The summed E-state index contributed by atoms with van der Waals surface area (Å²) in [5, 5.41) is 2.74. The molecule has 1 heteroatoms. The summed E-state index contributed by atoms with van der Waals surface area (Å²) in [5.41, 5.74) is 2.81. The highest BCUT2D eigenvalue weighted by Gasteiger charge is 2.12. The summed E-state index contributed by atoms with van der Waals surface area (Å²) in [6, 6.07) is 13.7. The van der Waals surface area contributed by atoms with Crippen LogP contribution in [0.3, 0.4) is 0 Å². The lowest BCUT2D eigenvalue weighted by molar-refractivity contribution is 0.949. The number of hydrogen-bond acceptors (Lipinski definition) is 1. The molecule has 2 aromatic carbocycles. The van der Waals surface area contributed by atoms with Gasteiger partial charge in [0, 0.05) is 18.8 Å². The first kappa shape index (κ1) is 10.6. The van der Waals surface area contributed by atoms with Crippen LogP contribution in [0.1, 0.15) is 25.3 Å². The minimum absolute atomic E-state index is 1.11. The van der Waals surface area contributed by atoms with Crippen LogP contribution in [0, 0.1) is 0 Å². The number of aryl methyl sites for hydroxylation is 1. The fraction of sp³-hybridized carbons (Fsp3) is 0.375. The molecular weight excluding hydrogens is 206 g/mol. The highest BCUT2D eigenvalue weighted by molar-refractivity contribution is 5.86. The Kier molecular flexibility index (Phi) is 2.76. The van der Waals surface area contributed by atoms with E-state index in [0.717, 1.165) is 6.42 Å². The maximum Gasteiger partial charge on any atom is 0.0372 e. The standard InChI is InChI=1S/C16H19N/c1-2-13-5-6-15-12-16(8-7-14(15)11-13)17-9-3-4-10-17/h5-8,11-12H,2-4,9-10H2,1H3. The molecule has 2 aromatic rings. The van der Waals surface area contributed by atoms with Crippen LogP contribution in [0.15, 0.2) is 36.4 Å². The van der Waals surface area contributed by atoms with Crippen molar-refractivity contribution in [2.75, 3.05) is 18.0 Å². The SMILES string of the molecule is CCc1ccc2cc(N3CCCC3)ccc2c1. The van der Waals surface area contributed by atoms with E-state index in [1.165, 1.54) is 48.0 Å². The predicted molar refractivity (Wildman–Crippen MR) is 74.8 cm³/mol. The first-order chi connectivity index (χ1) is 8.36. The molecule has 1 saturated heterocycles. The van der Waals surface area contributed by atoms with Crippen molar-refractivity contribution in [3.8, 4) is 0 Å². The summed E-state index contributed by atoms with van der Waals surface area (Å²) in [6.45, 7) is 4.65. The van der Waals surface area contributed by atoms with E-state index >= 15 is 0 Å². The molecule has 1 aliphatic rings. The molecule has 1 nitrogen and oxygen atoms in total. The third-order valence-electron chi connectivity index (χ3n) is 3.77. The van der Waals surface area contributed by atoms with Gasteiger partial charge in [0.25, 0.3) is 0 Å². The van der Waals surface area contributed by atoms with E-state index in [0.29, 0.717) is 0 Å². The van der Waals surface area contributed by atoms with Gasteiger partial charge in [-0.25, -0.2) is 0 Å². The minimum atomic E-state index is 1.11. The average Bonchev–Trinajstić information content (AvgIpc) is 2.91. The van der Waals surface area contributed by atoms with E-state index in [2.05, 4.69) is 48.2 Å². The molecule has 0 N–H and O–H groups in total. The summed E-state index contributed by atoms with van der Waals surface area (Å²) in [6.07, 6.45) is 3.80. The first-order valence-electron chi connectivity index (χ1n) is 6.64. The van der Waals surface area contributed by atoms with Crippen molar-refractivity contribution in [1.82, 2.24) is 0 Å². The molecule has 0 radical (unpaired) electrons. The van der Waals surface area contributed by atoms with Crippen molar-refractivity contribution in [2.24, 2.45) is 0 Å². The molecule has 1 aliphatic heterocycles. The average molecular weight is 225 g/mol. The zero-order chi connectivity index (χ0) is 11.7. The second-order valence-corrected chi connectivity index (χ2v) is 4.91. The summed E-state index contributed by atoms with van der Waals surface area (Å²) in [4.78, 5) is 2.49. The lowest BCUT2D eigenvalue weighted by Gasteiger charge is -2.18. The van der Waals surface area contributed by atoms with Gasteiger partial charge in [-0.1, -0.05) is 31.2 Å². The van der Waals surface area contributed by atoms with Crippen LogP contribution in [-0.2, 0) is 6.42 Å². The highest BCUT2D eigenvalue weighted by atomic mass is 15.1. The maximum atomic E-state index is 2.49. The van der Waals surface area contributed by atoms with Crippen molar-refractivity contribution in [1.29, 1.82) is 0 Å². The molecule has 3 rings (SSSR count). The zero-order valence-electron chi connectivity index (χ0n) is 10.4. The van der Waals surface area contributed by atoms with E-state index in [4.69, 9.17) is 0 Å². The van der Waals surface area contributed by atoms with Crippen LogP contribution in [0.2, 0.25) is 0 Å². The second-order valence-electron chi connectivity index (χ2n) is 4.91. The van der Waals surface area contributed by atoms with E-state index < -0.39 is 0 Å². The third-order valence-corrected chi connectivity index (χ3v) is 3.77. The molecule has 0 atom stereocenters. The number of hydrogen-bond donors (Lipinski definition) is 0. The lowest BCUT2D eigenvalue weighted by atomic mass is 10.0. The fourth-order valence-corrected chi connectivity index (χ4v) is 2.67. The number of nitrogens with zero attached hydrogens (tertiary/aromatic N) is 1. The molecular formula is C16H19N. The van der Waals surface area contributed by atoms with Gasteiger partial charge in [0.05, 0.1) is 0 Å². The van der Waals surface area contributed by atoms with Crippen LogP contribution in [0.25, 0.3) is 10.8 Å². The number of benzene rings is 2. The van der Waals surface area contributed by atoms with E-state index in [1.807, 2.05) is 0 Å². The molecule has 0 aliphatic carbocycles. The number of fused-ring (bicyclic) bond motifs is 1. The topological polar surface area (TPSA) is 3.24 Å². The monoisotopic (exact) mass is 225 g/mol. The Hall–Kier alpha value is -1.50. The molecule has 0 saturated carbocycles. The van der Waals surface area contributed by atoms with Gasteiger partial charge in [-0.15, -0.1) is 0 Å². The maximum absolute atomic E-state index is 2.49. The smallest absolute Gasteiger partial charge is 0.0372 e. The van der Waals surface area contributed by atoms with Gasteiger partial charge >= 0.3 is 0 Å². The van der Waals surface area contributed by atoms with Gasteiger partial charge in [0.1, 0.15) is 0 Å². The van der Waals surface area contributed by atoms with Crippen LogP contribution in [0.4, 0.5) is 5.69 Å². The van der Waals surface area contributed by atoms with Crippen LogP contribution in [-0.4, -0.2) is 13.1 Å². The van der Waals surface area contributed by atoms with Gasteiger partial charge in [-0.2, -0.15) is 0 Å². The summed E-state index contributed by atoms with van der Waals surface area (Å²) in [5.74, 6) is 0. The Balaban J connectivity index is 2.01. The third kappa shape index (κ3) is 2.02. The predicted octanol–water partition coefficient (Wildman–Crippen LogP) is 4.00. The van der Waals surface area contributed by atoms with Crippen molar-refractivity contribution in [3.63, 3.8) is 0 Å². The first-order valence-corrected chi connectivity index (χ1v) is 6.64. The Morgan fingerprint density at radius 1 is 0.941 bits per heavy atom. The molecule has 0 bridgehead atoms. The van der Waals surface area contributed by atoms with Gasteiger partial charge in [-0.05, 0) is 47.7 Å². The van der Waals surface area contributed by atoms with Crippen molar-refractivity contribution >= 4 is 16.5 Å². The Morgan fingerprint density at radius 2 is 1.65 bits per heavy atom. The molecule has 0 unspecified atom stereocenters. The molecule has 1 fully saturated rings. The number of rotatable bonds is 2. The van der Waals surface area contributed by atoms with E-state index in [9.17, 15) is 0 Å². The molecule has 0 amide bonds. The lowest BCUT2D eigenvalue weighted by Crippen LogP contribution is -2.17.